The molecule has 142 valence electrons. The Morgan fingerprint density at radius 3 is 2.44 bits per heavy atom. The van der Waals surface area contributed by atoms with Crippen LogP contribution in [0.3, 0.4) is 0 Å². The number of nitrogens with zero attached hydrogens (tertiary/aromatic N) is 1. The lowest BCUT2D eigenvalue weighted by Gasteiger charge is -2.25. The van der Waals surface area contributed by atoms with Crippen LogP contribution in [-0.4, -0.2) is 29.8 Å². The minimum atomic E-state index is -4.76. The molecule has 0 spiro atoms. The summed E-state index contributed by atoms with van der Waals surface area (Å²) in [7, 11) is 0. The van der Waals surface area contributed by atoms with E-state index in [2.05, 4.69) is 4.74 Å². The molecule has 0 bridgehead atoms. The average molecular weight is 379 g/mol. The van der Waals surface area contributed by atoms with Crippen molar-refractivity contribution in [3.05, 3.63) is 59.2 Å². The number of aryl methyl sites for hydroxylation is 1. The Morgan fingerprint density at radius 1 is 1.11 bits per heavy atom. The van der Waals surface area contributed by atoms with Crippen LogP contribution in [0, 0.1) is 0 Å². The van der Waals surface area contributed by atoms with Crippen LogP contribution in [0.2, 0.25) is 0 Å². The maximum Gasteiger partial charge on any atom is 0.573 e. The maximum absolute atomic E-state index is 12.3. The third-order valence-corrected chi connectivity index (χ3v) is 4.24. The van der Waals surface area contributed by atoms with E-state index in [9.17, 15) is 27.9 Å². The number of benzene rings is 2. The highest BCUT2D eigenvalue weighted by Gasteiger charge is 2.31. The normalized spacial score (nSPS) is 14.5. The number of aromatic carboxylic acids is 1. The van der Waals surface area contributed by atoms with E-state index in [1.807, 2.05) is 0 Å². The zero-order valence-corrected chi connectivity index (χ0v) is 14.1. The number of alkyl halides is 3. The van der Waals surface area contributed by atoms with Gasteiger partial charge in [-0.3, -0.25) is 4.79 Å². The molecule has 0 amide bonds. The zero-order chi connectivity index (χ0) is 19.6. The molecule has 0 aliphatic carbocycles. The molecule has 0 atom stereocenters. The highest BCUT2D eigenvalue weighted by Crippen LogP contribution is 2.29. The Bertz CT molecular complexity index is 862. The molecule has 8 heteroatoms. The average Bonchev–Trinajstić information content (AvgIpc) is 2.74. The minimum absolute atomic E-state index is 0.0140. The summed E-state index contributed by atoms with van der Waals surface area (Å²) >= 11 is 0. The predicted octanol–water partition coefficient (Wildman–Crippen LogP) is 3.81. The van der Waals surface area contributed by atoms with Gasteiger partial charge in [-0.1, -0.05) is 18.2 Å². The summed E-state index contributed by atoms with van der Waals surface area (Å²) < 4.78 is 40.6. The first-order chi connectivity index (χ1) is 12.7. The molecule has 1 aliphatic rings. The van der Waals surface area contributed by atoms with E-state index in [1.54, 1.807) is 11.0 Å². The van der Waals surface area contributed by atoms with Crippen LogP contribution in [0.15, 0.2) is 42.5 Å². The second-order valence-electron chi connectivity index (χ2n) is 6.24. The molecular formula is C19H16F3NO4. The molecule has 0 fully saturated rings. The molecule has 5 nitrogen and oxygen atoms in total. The third-order valence-electron chi connectivity index (χ3n) is 4.24. The van der Waals surface area contributed by atoms with Crippen molar-refractivity contribution in [1.82, 2.24) is 0 Å². The smallest absolute Gasteiger partial charge is 0.478 e. The van der Waals surface area contributed by atoms with Gasteiger partial charge in [0.15, 0.2) is 5.78 Å². The van der Waals surface area contributed by atoms with E-state index in [0.717, 1.165) is 5.56 Å². The monoisotopic (exact) mass is 379 g/mol. The number of ether oxygens (including phenoxy) is 1. The SMILES string of the molecule is O=C1CCc2ccc(C(=O)O)cc2N(Cc2ccc(OC(F)(F)F)cc2)C1. The van der Waals surface area contributed by atoms with Gasteiger partial charge in [-0.05, 0) is 41.8 Å². The summed E-state index contributed by atoms with van der Waals surface area (Å²) in [4.78, 5) is 25.1. The number of carbonyl (C=O) groups excluding carboxylic acids is 1. The van der Waals surface area contributed by atoms with Crippen molar-refractivity contribution in [2.75, 3.05) is 11.4 Å². The molecule has 0 unspecified atom stereocenters. The van der Waals surface area contributed by atoms with Gasteiger partial charge >= 0.3 is 12.3 Å². The minimum Gasteiger partial charge on any atom is -0.478 e. The zero-order valence-electron chi connectivity index (χ0n) is 14.1. The summed E-state index contributed by atoms with van der Waals surface area (Å²) in [5.74, 6) is -1.38. The second-order valence-corrected chi connectivity index (χ2v) is 6.24. The van der Waals surface area contributed by atoms with Crippen molar-refractivity contribution in [2.24, 2.45) is 0 Å². The quantitative estimate of drug-likeness (QED) is 0.875. The number of carboxylic acid groups (broad SMARTS) is 1. The lowest BCUT2D eigenvalue weighted by molar-refractivity contribution is -0.274. The van der Waals surface area contributed by atoms with Crippen LogP contribution >= 0.6 is 0 Å². The number of hydrogen-bond acceptors (Lipinski definition) is 4. The fourth-order valence-electron chi connectivity index (χ4n) is 3.01. The summed E-state index contributed by atoms with van der Waals surface area (Å²) in [6.45, 7) is 0.366. The molecule has 0 aromatic heterocycles. The number of anilines is 1. The van der Waals surface area contributed by atoms with E-state index in [-0.39, 0.29) is 30.2 Å². The number of carboxylic acids is 1. The lowest BCUT2D eigenvalue weighted by atomic mass is 10.0. The van der Waals surface area contributed by atoms with Crippen molar-refractivity contribution in [3.63, 3.8) is 0 Å². The number of halogens is 3. The van der Waals surface area contributed by atoms with Crippen molar-refractivity contribution in [1.29, 1.82) is 0 Å². The molecule has 27 heavy (non-hydrogen) atoms. The summed E-state index contributed by atoms with van der Waals surface area (Å²) in [5.41, 5.74) is 2.30. The molecule has 0 saturated heterocycles. The van der Waals surface area contributed by atoms with Gasteiger partial charge in [0.1, 0.15) is 5.75 Å². The lowest BCUT2D eigenvalue weighted by Crippen LogP contribution is -2.28. The van der Waals surface area contributed by atoms with Gasteiger partial charge in [-0.25, -0.2) is 4.79 Å². The Balaban J connectivity index is 1.86. The molecule has 1 aliphatic heterocycles. The van der Waals surface area contributed by atoms with Crippen LogP contribution in [0.25, 0.3) is 0 Å². The number of rotatable bonds is 4. The van der Waals surface area contributed by atoms with Crippen LogP contribution in [-0.2, 0) is 17.8 Å². The Morgan fingerprint density at radius 2 is 1.81 bits per heavy atom. The predicted molar refractivity (Wildman–Crippen MR) is 90.9 cm³/mol. The van der Waals surface area contributed by atoms with Crippen molar-refractivity contribution >= 4 is 17.4 Å². The van der Waals surface area contributed by atoms with E-state index >= 15 is 0 Å². The van der Waals surface area contributed by atoms with Crippen LogP contribution < -0.4 is 9.64 Å². The Labute approximate surface area is 153 Å². The highest BCUT2D eigenvalue weighted by molar-refractivity contribution is 5.91. The van der Waals surface area contributed by atoms with E-state index in [0.29, 0.717) is 24.1 Å². The van der Waals surface area contributed by atoms with Gasteiger partial charge in [0.05, 0.1) is 12.1 Å². The second kappa shape index (κ2) is 7.30. The molecule has 1 N–H and O–H groups in total. The summed E-state index contributed by atoms with van der Waals surface area (Å²) in [6.07, 6.45) is -3.89. The standard InChI is InChI=1S/C19H16F3NO4/c20-19(21,22)27-16-7-1-12(2-8-16)10-23-11-15(24)6-5-13-3-4-14(18(25)26)9-17(13)23/h1-4,7-9H,5-6,10-11H2,(H,25,26). The fourth-order valence-corrected chi connectivity index (χ4v) is 3.01. The van der Waals surface area contributed by atoms with Gasteiger partial charge in [0.25, 0.3) is 0 Å². The van der Waals surface area contributed by atoms with Crippen LogP contribution in [0.5, 0.6) is 5.75 Å². The number of hydrogen-bond donors (Lipinski definition) is 1. The van der Waals surface area contributed by atoms with E-state index in [1.165, 1.54) is 36.4 Å². The first kappa shape index (κ1) is 18.8. The van der Waals surface area contributed by atoms with Crippen molar-refractivity contribution in [2.45, 2.75) is 25.7 Å². The van der Waals surface area contributed by atoms with Crippen molar-refractivity contribution < 1.29 is 32.6 Å². The summed E-state index contributed by atoms with van der Waals surface area (Å²) in [5, 5.41) is 9.22. The Hall–Kier alpha value is -3.03. The summed E-state index contributed by atoms with van der Waals surface area (Å²) in [6, 6.07) is 10.1. The van der Waals surface area contributed by atoms with E-state index in [4.69, 9.17) is 0 Å². The third kappa shape index (κ3) is 4.78. The topological polar surface area (TPSA) is 66.8 Å². The first-order valence-electron chi connectivity index (χ1n) is 8.19. The number of Topliss-reactive ketones (excluding diaryl/α,β-unsaturated/α-hetero) is 1. The van der Waals surface area contributed by atoms with Gasteiger partial charge < -0.3 is 14.7 Å². The molecule has 2 aromatic carbocycles. The molecular weight excluding hydrogens is 363 g/mol. The number of carbonyl (C=O) groups is 2. The maximum atomic E-state index is 12.3. The first-order valence-corrected chi connectivity index (χ1v) is 8.19. The fraction of sp³-hybridized carbons (Fsp3) is 0.263. The van der Waals surface area contributed by atoms with Crippen molar-refractivity contribution in [3.8, 4) is 5.75 Å². The van der Waals surface area contributed by atoms with Crippen LogP contribution in [0.1, 0.15) is 27.9 Å². The molecule has 1 heterocycles. The van der Waals surface area contributed by atoms with Gasteiger partial charge in [-0.2, -0.15) is 0 Å². The molecule has 0 saturated carbocycles. The molecule has 0 radical (unpaired) electrons. The highest BCUT2D eigenvalue weighted by atomic mass is 19.4. The molecule has 3 rings (SSSR count). The van der Waals surface area contributed by atoms with E-state index < -0.39 is 12.3 Å². The largest absolute Gasteiger partial charge is 0.573 e. The number of fused-ring (bicyclic) bond motifs is 1. The number of ketones is 1. The van der Waals surface area contributed by atoms with Gasteiger partial charge in [0.2, 0.25) is 0 Å². The molecule has 2 aromatic rings. The van der Waals surface area contributed by atoms with Gasteiger partial charge in [-0.15, -0.1) is 13.2 Å². The van der Waals surface area contributed by atoms with Gasteiger partial charge in [0, 0.05) is 18.7 Å². The Kier molecular flexibility index (Phi) is 5.07. The van der Waals surface area contributed by atoms with Crippen LogP contribution in [0.4, 0.5) is 18.9 Å².